The summed E-state index contributed by atoms with van der Waals surface area (Å²) in [7, 11) is 1.56. The lowest BCUT2D eigenvalue weighted by atomic mass is 10.2. The first kappa shape index (κ1) is 20.7. The molecule has 5 nitrogen and oxygen atoms in total. The van der Waals surface area contributed by atoms with Crippen LogP contribution in [0.15, 0.2) is 76.6 Å². The van der Waals surface area contributed by atoms with E-state index < -0.39 is 0 Å². The summed E-state index contributed by atoms with van der Waals surface area (Å²) in [6.45, 7) is 0. The second-order valence-electron chi connectivity index (χ2n) is 5.91. The van der Waals surface area contributed by atoms with Crippen molar-refractivity contribution in [3.05, 3.63) is 82.2 Å². The number of rotatable bonds is 7. The van der Waals surface area contributed by atoms with E-state index in [0.29, 0.717) is 17.0 Å². The molecule has 0 aliphatic rings. The number of para-hydroxylation sites is 1. The van der Waals surface area contributed by atoms with Crippen LogP contribution in [0.4, 0.5) is 5.69 Å². The molecule has 1 aromatic heterocycles. The monoisotopic (exact) mass is 424 g/mol. The smallest absolute Gasteiger partial charge is 0.272 e. The Labute approximate surface area is 177 Å². The minimum atomic E-state index is -0.387. The van der Waals surface area contributed by atoms with Crippen molar-refractivity contribution < 1.29 is 14.3 Å². The topological polar surface area (TPSA) is 67.4 Å². The Morgan fingerprint density at radius 1 is 1.03 bits per heavy atom. The van der Waals surface area contributed by atoms with Crippen LogP contribution in [-0.2, 0) is 4.79 Å². The van der Waals surface area contributed by atoms with Gasteiger partial charge >= 0.3 is 0 Å². The maximum atomic E-state index is 13.0. The predicted molar refractivity (Wildman–Crippen MR) is 120 cm³/mol. The number of anilines is 1. The number of thiophene rings is 1. The lowest BCUT2D eigenvalue weighted by Gasteiger charge is -2.13. The van der Waals surface area contributed by atoms with Crippen LogP contribution in [-0.4, -0.2) is 25.2 Å². The van der Waals surface area contributed by atoms with Crippen LogP contribution in [0.2, 0.25) is 0 Å². The zero-order valence-corrected chi connectivity index (χ0v) is 17.6. The first-order valence-electron chi connectivity index (χ1n) is 8.75. The van der Waals surface area contributed by atoms with Crippen molar-refractivity contribution in [2.75, 3.05) is 18.7 Å². The fraction of sp³-hybridized carbons (Fsp3) is 0.0909. The van der Waals surface area contributed by atoms with Gasteiger partial charge in [0.15, 0.2) is 0 Å². The SMILES string of the molecule is COc1ccc(C(=O)N/C(=C\c2cccs2)C(=O)Nc2ccccc2SC)cc1. The van der Waals surface area contributed by atoms with Gasteiger partial charge in [0.2, 0.25) is 0 Å². The van der Waals surface area contributed by atoms with Crippen LogP contribution >= 0.6 is 23.1 Å². The number of amides is 2. The Balaban J connectivity index is 1.84. The average Bonchev–Trinajstić information content (AvgIpc) is 3.26. The summed E-state index contributed by atoms with van der Waals surface area (Å²) in [5.41, 5.74) is 1.30. The fourth-order valence-corrected chi connectivity index (χ4v) is 3.76. The molecule has 7 heteroatoms. The molecule has 2 amide bonds. The predicted octanol–water partition coefficient (Wildman–Crippen LogP) is 4.89. The van der Waals surface area contributed by atoms with Gasteiger partial charge in [-0.2, -0.15) is 0 Å². The Hall–Kier alpha value is -3.03. The van der Waals surface area contributed by atoms with Gasteiger partial charge in [-0.3, -0.25) is 9.59 Å². The van der Waals surface area contributed by atoms with Gasteiger partial charge in [-0.1, -0.05) is 18.2 Å². The zero-order valence-electron chi connectivity index (χ0n) is 16.0. The van der Waals surface area contributed by atoms with E-state index in [0.717, 1.165) is 9.77 Å². The average molecular weight is 425 g/mol. The molecule has 2 aromatic carbocycles. The number of carbonyl (C=O) groups is 2. The lowest BCUT2D eigenvalue weighted by molar-refractivity contribution is -0.113. The van der Waals surface area contributed by atoms with E-state index in [2.05, 4.69) is 10.6 Å². The molecule has 2 N–H and O–H groups in total. The standard InChI is InChI=1S/C22H20N2O3S2/c1-27-16-11-9-15(10-12-16)21(25)24-19(14-17-6-5-13-29-17)22(26)23-18-7-3-4-8-20(18)28-2/h3-14H,1-2H3,(H,23,26)(H,24,25)/b19-14-. The van der Waals surface area contributed by atoms with E-state index in [1.165, 1.54) is 23.1 Å². The van der Waals surface area contributed by atoms with Crippen molar-refractivity contribution in [2.45, 2.75) is 4.90 Å². The van der Waals surface area contributed by atoms with Gasteiger partial charge in [0.05, 0.1) is 12.8 Å². The van der Waals surface area contributed by atoms with E-state index >= 15 is 0 Å². The first-order chi connectivity index (χ1) is 14.1. The maximum absolute atomic E-state index is 13.0. The van der Waals surface area contributed by atoms with Crippen LogP contribution < -0.4 is 15.4 Å². The molecule has 3 rings (SSSR count). The zero-order chi connectivity index (χ0) is 20.6. The Kier molecular flexibility index (Phi) is 7.10. The van der Waals surface area contributed by atoms with Crippen LogP contribution in [0.5, 0.6) is 5.75 Å². The molecule has 3 aromatic rings. The third-order valence-electron chi connectivity index (χ3n) is 4.03. The molecule has 0 saturated heterocycles. The highest BCUT2D eigenvalue weighted by Gasteiger charge is 2.16. The number of ether oxygens (including phenoxy) is 1. The maximum Gasteiger partial charge on any atom is 0.272 e. The molecule has 29 heavy (non-hydrogen) atoms. The molecule has 0 bridgehead atoms. The van der Waals surface area contributed by atoms with Crippen molar-refractivity contribution in [2.24, 2.45) is 0 Å². The van der Waals surface area contributed by atoms with Crippen molar-refractivity contribution in [1.29, 1.82) is 0 Å². The van der Waals surface area contributed by atoms with E-state index in [1.807, 2.05) is 48.0 Å². The van der Waals surface area contributed by atoms with Crippen molar-refractivity contribution >= 4 is 46.7 Å². The molecule has 1 heterocycles. The highest BCUT2D eigenvalue weighted by atomic mass is 32.2. The number of hydrogen-bond acceptors (Lipinski definition) is 5. The highest BCUT2D eigenvalue weighted by Crippen LogP contribution is 2.25. The quantitative estimate of drug-likeness (QED) is 0.419. The highest BCUT2D eigenvalue weighted by molar-refractivity contribution is 7.98. The van der Waals surface area contributed by atoms with Gasteiger partial charge < -0.3 is 15.4 Å². The molecule has 0 radical (unpaired) electrons. The fourth-order valence-electron chi connectivity index (χ4n) is 2.55. The number of thioether (sulfide) groups is 1. The second kappa shape index (κ2) is 9.95. The molecule has 0 atom stereocenters. The molecule has 0 aliphatic carbocycles. The lowest BCUT2D eigenvalue weighted by Crippen LogP contribution is -2.30. The normalized spacial score (nSPS) is 11.0. The number of methoxy groups -OCH3 is 1. The molecule has 0 unspecified atom stereocenters. The van der Waals surface area contributed by atoms with Crippen LogP contribution in [0, 0.1) is 0 Å². The largest absolute Gasteiger partial charge is 0.497 e. The van der Waals surface area contributed by atoms with Crippen LogP contribution in [0.1, 0.15) is 15.2 Å². The van der Waals surface area contributed by atoms with E-state index in [4.69, 9.17) is 4.74 Å². The minimum absolute atomic E-state index is 0.171. The van der Waals surface area contributed by atoms with Gasteiger partial charge in [0.25, 0.3) is 11.8 Å². The molecule has 0 fully saturated rings. The van der Waals surface area contributed by atoms with Gasteiger partial charge in [0, 0.05) is 15.3 Å². The Morgan fingerprint density at radius 2 is 1.79 bits per heavy atom. The van der Waals surface area contributed by atoms with E-state index in [9.17, 15) is 9.59 Å². The summed E-state index contributed by atoms with van der Waals surface area (Å²) in [4.78, 5) is 27.5. The van der Waals surface area contributed by atoms with Gasteiger partial charge in [-0.15, -0.1) is 23.1 Å². The van der Waals surface area contributed by atoms with Gasteiger partial charge in [0.1, 0.15) is 11.4 Å². The number of hydrogen-bond donors (Lipinski definition) is 2. The van der Waals surface area contributed by atoms with Gasteiger partial charge in [-0.25, -0.2) is 0 Å². The number of nitrogens with one attached hydrogen (secondary N) is 2. The minimum Gasteiger partial charge on any atom is -0.497 e. The van der Waals surface area contributed by atoms with Crippen LogP contribution in [0.25, 0.3) is 6.08 Å². The summed E-state index contributed by atoms with van der Waals surface area (Å²) < 4.78 is 5.12. The number of benzene rings is 2. The Bertz CT molecular complexity index is 1010. The summed E-state index contributed by atoms with van der Waals surface area (Å²) >= 11 is 3.02. The number of carbonyl (C=O) groups excluding carboxylic acids is 2. The van der Waals surface area contributed by atoms with Crippen molar-refractivity contribution in [3.63, 3.8) is 0 Å². The van der Waals surface area contributed by atoms with Crippen molar-refractivity contribution in [3.8, 4) is 5.75 Å². The second-order valence-corrected chi connectivity index (χ2v) is 7.74. The molecular weight excluding hydrogens is 404 g/mol. The molecule has 0 saturated carbocycles. The third-order valence-corrected chi connectivity index (χ3v) is 5.65. The molecule has 0 aliphatic heterocycles. The van der Waals surface area contributed by atoms with E-state index in [1.54, 1.807) is 37.5 Å². The van der Waals surface area contributed by atoms with Crippen LogP contribution in [0.3, 0.4) is 0 Å². The summed E-state index contributed by atoms with van der Waals surface area (Å²) in [6.07, 6.45) is 3.61. The molecule has 0 spiro atoms. The Morgan fingerprint density at radius 3 is 2.45 bits per heavy atom. The summed E-state index contributed by atoms with van der Waals surface area (Å²) in [5, 5.41) is 7.54. The van der Waals surface area contributed by atoms with E-state index in [-0.39, 0.29) is 17.5 Å². The summed E-state index contributed by atoms with van der Waals surface area (Å²) in [6, 6.07) is 18.0. The molecular formula is C22H20N2O3S2. The third kappa shape index (κ3) is 5.49. The van der Waals surface area contributed by atoms with Gasteiger partial charge in [-0.05, 0) is 60.2 Å². The molecule has 148 valence electrons. The summed E-state index contributed by atoms with van der Waals surface area (Å²) in [5.74, 6) is -0.104. The first-order valence-corrected chi connectivity index (χ1v) is 10.9. The van der Waals surface area contributed by atoms with Crippen molar-refractivity contribution in [1.82, 2.24) is 5.32 Å².